The Morgan fingerprint density at radius 3 is 2.11 bits per heavy atom. The van der Waals surface area contributed by atoms with Crippen molar-refractivity contribution < 1.29 is 19.7 Å². The van der Waals surface area contributed by atoms with Crippen molar-refractivity contribution >= 4 is 6.09 Å². The molecule has 0 bridgehead atoms. The molecule has 0 aromatic carbocycles. The van der Waals surface area contributed by atoms with E-state index in [9.17, 15) is 4.79 Å². The molecule has 0 heterocycles. The summed E-state index contributed by atoms with van der Waals surface area (Å²) in [6.07, 6.45) is 1.78. The van der Waals surface area contributed by atoms with Gasteiger partial charge in [-0.05, 0) is 33.6 Å². The van der Waals surface area contributed by atoms with E-state index in [0.717, 1.165) is 0 Å². The molecule has 0 rings (SSSR count). The largest absolute Gasteiger partial charge is 0.444 e. The summed E-state index contributed by atoms with van der Waals surface area (Å²) in [7, 11) is 0. The van der Waals surface area contributed by atoms with Gasteiger partial charge in [0.15, 0.2) is 0 Å². The van der Waals surface area contributed by atoms with Gasteiger partial charge in [0.25, 0.3) is 0 Å². The fraction of sp³-hybridized carbons (Fsp3) is 0.923. The number of carbonyl (C=O) groups excluding carboxylic acids is 1. The summed E-state index contributed by atoms with van der Waals surface area (Å²) in [5.41, 5.74) is -0.541. The van der Waals surface area contributed by atoms with Crippen molar-refractivity contribution in [2.24, 2.45) is 0 Å². The summed E-state index contributed by atoms with van der Waals surface area (Å²) < 4.78 is 5.03. The normalized spacial score (nSPS) is 12.2. The minimum Gasteiger partial charge on any atom is -0.444 e. The van der Waals surface area contributed by atoms with Gasteiger partial charge in [-0.2, -0.15) is 0 Å². The summed E-state index contributed by atoms with van der Waals surface area (Å²) in [6, 6.07) is -0.355. The number of aliphatic hydroxyl groups is 2. The lowest BCUT2D eigenvalue weighted by molar-refractivity contribution is 0.0476. The molecule has 5 heteroatoms. The zero-order valence-electron chi connectivity index (χ0n) is 12.3. The van der Waals surface area contributed by atoms with E-state index in [1.807, 2.05) is 0 Å². The van der Waals surface area contributed by atoms with Gasteiger partial charge in [-0.25, -0.2) is 4.79 Å². The Labute approximate surface area is 111 Å². The topological polar surface area (TPSA) is 78.8 Å². The minimum absolute atomic E-state index is 0.0481. The highest BCUT2D eigenvalue weighted by Crippen LogP contribution is 2.07. The van der Waals surface area contributed by atoms with Crippen LogP contribution in [0.15, 0.2) is 0 Å². The number of hydrogen-bond donors (Lipinski definition) is 3. The van der Waals surface area contributed by atoms with E-state index in [2.05, 4.69) is 19.2 Å². The molecule has 18 heavy (non-hydrogen) atoms. The van der Waals surface area contributed by atoms with Gasteiger partial charge in [-0.1, -0.05) is 20.3 Å². The van der Waals surface area contributed by atoms with Gasteiger partial charge < -0.3 is 20.3 Å². The monoisotopic (exact) mass is 263 g/mol. The standard InChI is InChI=1S/C10H21NO4.C3H8/c1-10(2,3)15-9(14)11-8(7-13)5-4-6-12;1-3-2/h8,12-13H,4-7H2,1-3H3,(H,11,14);3H2,1-2H3. The molecule has 0 aliphatic carbocycles. The second kappa shape index (κ2) is 11.3. The first-order chi connectivity index (χ1) is 8.30. The number of carbonyl (C=O) groups is 1. The van der Waals surface area contributed by atoms with Crippen molar-refractivity contribution in [1.82, 2.24) is 5.32 Å². The van der Waals surface area contributed by atoms with Crippen LogP contribution in [0.2, 0.25) is 0 Å². The second-order valence-corrected chi connectivity index (χ2v) is 5.10. The number of nitrogens with one attached hydrogen (secondary N) is 1. The van der Waals surface area contributed by atoms with Gasteiger partial charge in [0.05, 0.1) is 12.6 Å². The summed E-state index contributed by atoms with van der Waals surface area (Å²) >= 11 is 0. The van der Waals surface area contributed by atoms with Crippen LogP contribution in [0, 0.1) is 0 Å². The molecule has 0 saturated heterocycles. The first-order valence-electron chi connectivity index (χ1n) is 6.51. The van der Waals surface area contributed by atoms with E-state index in [1.165, 1.54) is 6.42 Å². The van der Waals surface area contributed by atoms with E-state index in [0.29, 0.717) is 12.8 Å². The van der Waals surface area contributed by atoms with Gasteiger partial charge in [-0.3, -0.25) is 0 Å². The van der Waals surface area contributed by atoms with Crippen LogP contribution < -0.4 is 5.32 Å². The molecule has 0 aromatic rings. The van der Waals surface area contributed by atoms with Crippen molar-refractivity contribution in [2.45, 2.75) is 65.5 Å². The van der Waals surface area contributed by atoms with Gasteiger partial charge >= 0.3 is 6.09 Å². The predicted molar refractivity (Wildman–Crippen MR) is 72.5 cm³/mol. The molecule has 110 valence electrons. The van der Waals surface area contributed by atoms with E-state index in [-0.39, 0.29) is 19.3 Å². The predicted octanol–water partition coefficient (Wildman–Crippen LogP) is 2.06. The Hall–Kier alpha value is -0.810. The molecule has 0 fully saturated rings. The van der Waals surface area contributed by atoms with Crippen molar-refractivity contribution in [3.05, 3.63) is 0 Å². The molecule has 1 amide bonds. The summed E-state index contributed by atoms with van der Waals surface area (Å²) in [5, 5.41) is 20.1. The molecular formula is C13H29NO4. The van der Waals surface area contributed by atoms with E-state index in [1.54, 1.807) is 20.8 Å². The molecule has 5 nitrogen and oxygen atoms in total. The van der Waals surface area contributed by atoms with Gasteiger partial charge in [-0.15, -0.1) is 0 Å². The number of amides is 1. The van der Waals surface area contributed by atoms with Gasteiger partial charge in [0, 0.05) is 6.61 Å². The minimum atomic E-state index is -0.542. The SMILES string of the molecule is CC(C)(C)OC(=O)NC(CO)CCCO.CCC. The van der Waals surface area contributed by atoms with Crippen molar-refractivity contribution in [3.63, 3.8) is 0 Å². The van der Waals surface area contributed by atoms with Gasteiger partial charge in [0.1, 0.15) is 5.60 Å². The number of alkyl carbamates (subject to hydrolysis) is 1. The van der Waals surface area contributed by atoms with E-state index >= 15 is 0 Å². The highest BCUT2D eigenvalue weighted by Gasteiger charge is 2.18. The van der Waals surface area contributed by atoms with Crippen LogP contribution >= 0.6 is 0 Å². The molecule has 0 aliphatic heterocycles. The Morgan fingerprint density at radius 1 is 1.28 bits per heavy atom. The zero-order chi connectivity index (χ0) is 14.6. The van der Waals surface area contributed by atoms with Crippen molar-refractivity contribution in [3.8, 4) is 0 Å². The van der Waals surface area contributed by atoms with Crippen LogP contribution in [0.1, 0.15) is 53.9 Å². The molecule has 3 N–H and O–H groups in total. The lowest BCUT2D eigenvalue weighted by atomic mass is 10.2. The van der Waals surface area contributed by atoms with Gasteiger partial charge in [0.2, 0.25) is 0 Å². The first-order valence-corrected chi connectivity index (χ1v) is 6.51. The van der Waals surface area contributed by atoms with Crippen LogP contribution in [-0.2, 0) is 4.74 Å². The van der Waals surface area contributed by atoms with Crippen LogP contribution in [0.3, 0.4) is 0 Å². The maximum atomic E-state index is 11.3. The smallest absolute Gasteiger partial charge is 0.407 e. The van der Waals surface area contributed by atoms with Crippen LogP contribution in [0.25, 0.3) is 0 Å². The molecule has 0 spiro atoms. The summed E-state index contributed by atoms with van der Waals surface area (Å²) in [4.78, 5) is 11.3. The maximum absolute atomic E-state index is 11.3. The molecule has 0 saturated carbocycles. The molecule has 0 aromatic heterocycles. The highest BCUT2D eigenvalue weighted by molar-refractivity contribution is 5.68. The first kappa shape index (κ1) is 19.5. The molecule has 1 unspecified atom stereocenters. The summed E-state index contributed by atoms with van der Waals surface area (Å²) in [6.45, 7) is 9.46. The third-order valence-electron chi connectivity index (χ3n) is 1.65. The fourth-order valence-electron chi connectivity index (χ4n) is 1.02. The lowest BCUT2D eigenvalue weighted by Crippen LogP contribution is -2.41. The van der Waals surface area contributed by atoms with E-state index in [4.69, 9.17) is 14.9 Å². The van der Waals surface area contributed by atoms with Crippen LogP contribution in [-0.4, -0.2) is 41.2 Å². The Bertz CT molecular complexity index is 202. The third kappa shape index (κ3) is 15.2. The summed E-state index contributed by atoms with van der Waals surface area (Å²) in [5.74, 6) is 0. The maximum Gasteiger partial charge on any atom is 0.407 e. The Balaban J connectivity index is 0. The van der Waals surface area contributed by atoms with Crippen molar-refractivity contribution in [2.75, 3.05) is 13.2 Å². The molecule has 1 atom stereocenters. The van der Waals surface area contributed by atoms with Crippen LogP contribution in [0.4, 0.5) is 4.79 Å². The Kier molecular flexibility index (Phi) is 12.2. The molecule has 0 aliphatic rings. The molecular weight excluding hydrogens is 234 g/mol. The lowest BCUT2D eigenvalue weighted by Gasteiger charge is -2.22. The Morgan fingerprint density at radius 2 is 1.78 bits per heavy atom. The second-order valence-electron chi connectivity index (χ2n) is 5.10. The number of rotatable bonds is 5. The van der Waals surface area contributed by atoms with E-state index < -0.39 is 11.7 Å². The zero-order valence-corrected chi connectivity index (χ0v) is 12.3. The number of hydrogen-bond acceptors (Lipinski definition) is 4. The fourth-order valence-corrected chi connectivity index (χ4v) is 1.02. The molecule has 0 radical (unpaired) electrons. The van der Waals surface area contributed by atoms with Crippen LogP contribution in [0.5, 0.6) is 0 Å². The number of aliphatic hydroxyl groups excluding tert-OH is 2. The average Bonchev–Trinajstić information content (AvgIpc) is 2.22. The number of ether oxygens (including phenoxy) is 1. The third-order valence-corrected chi connectivity index (χ3v) is 1.65. The quantitative estimate of drug-likeness (QED) is 0.709. The highest BCUT2D eigenvalue weighted by atomic mass is 16.6. The van der Waals surface area contributed by atoms with Crippen molar-refractivity contribution in [1.29, 1.82) is 0 Å². The average molecular weight is 263 g/mol.